The highest BCUT2D eigenvalue weighted by molar-refractivity contribution is 6.35. The van der Waals surface area contributed by atoms with Gasteiger partial charge in [0.2, 0.25) is 0 Å². The highest BCUT2D eigenvalue weighted by Crippen LogP contribution is 2.36. The first-order valence-electron chi connectivity index (χ1n) is 14.1. The van der Waals surface area contributed by atoms with Crippen LogP contribution in [0.3, 0.4) is 0 Å². The number of hydrogen-bond donors (Lipinski definition) is 4. The lowest BCUT2D eigenvalue weighted by molar-refractivity contribution is 0.261. The first-order chi connectivity index (χ1) is 20.0. The number of pyridine rings is 2. The Hall–Kier alpha value is -4.26. The molecule has 1 aliphatic heterocycles. The fourth-order valence-corrected chi connectivity index (χ4v) is 5.21. The van der Waals surface area contributed by atoms with Crippen molar-refractivity contribution in [1.82, 2.24) is 25.5 Å². The molecule has 4 N–H and O–H groups in total. The second-order valence-corrected chi connectivity index (χ2v) is 12.5. The van der Waals surface area contributed by atoms with E-state index in [4.69, 9.17) is 11.6 Å². The van der Waals surface area contributed by atoms with E-state index in [2.05, 4.69) is 65.0 Å². The third-order valence-corrected chi connectivity index (χ3v) is 7.63. The van der Waals surface area contributed by atoms with Crippen molar-refractivity contribution >= 4 is 45.5 Å². The lowest BCUT2D eigenvalue weighted by Crippen LogP contribution is -2.40. The molecule has 0 unspecified atom stereocenters. The molecule has 3 aromatic rings. The number of anilines is 2. The van der Waals surface area contributed by atoms with Gasteiger partial charge < -0.3 is 20.6 Å². The molecule has 2 aliphatic rings. The number of aromatic nitrogens is 2. The number of benzene rings is 1. The number of hydrogen-bond acceptors (Lipinski definition) is 8. The number of aryl methyl sites for hydroxylation is 1. The topological polar surface area (TPSA) is 110 Å². The van der Waals surface area contributed by atoms with Crippen LogP contribution in [0.4, 0.5) is 11.4 Å². The monoisotopic (exact) mass is 584 g/mol. The highest BCUT2D eigenvalue weighted by Gasteiger charge is 2.33. The van der Waals surface area contributed by atoms with E-state index in [1.807, 2.05) is 43.5 Å². The Morgan fingerprint density at radius 3 is 2.79 bits per heavy atom. The van der Waals surface area contributed by atoms with E-state index in [0.29, 0.717) is 45.5 Å². The zero-order valence-electron chi connectivity index (χ0n) is 24.7. The molecule has 1 atom stereocenters. The Balaban J connectivity index is 1.61. The quantitative estimate of drug-likeness (QED) is 0.251. The van der Waals surface area contributed by atoms with Crippen molar-refractivity contribution in [2.75, 3.05) is 17.2 Å². The van der Waals surface area contributed by atoms with Gasteiger partial charge in [0.25, 0.3) is 5.56 Å². The second kappa shape index (κ2) is 11.6. The van der Waals surface area contributed by atoms with Crippen LogP contribution in [-0.2, 0) is 7.05 Å². The Kier molecular flexibility index (Phi) is 8.04. The Labute approximate surface area is 251 Å². The van der Waals surface area contributed by atoms with Crippen LogP contribution in [0.5, 0.6) is 0 Å². The van der Waals surface area contributed by atoms with Crippen molar-refractivity contribution in [3.63, 3.8) is 0 Å². The smallest absolute Gasteiger partial charge is 0.258 e. The van der Waals surface area contributed by atoms with Gasteiger partial charge in [0.15, 0.2) is 0 Å². The van der Waals surface area contributed by atoms with Crippen LogP contribution >= 0.6 is 11.6 Å². The molecule has 0 radical (unpaired) electrons. The molecule has 10 heteroatoms. The summed E-state index contributed by atoms with van der Waals surface area (Å²) in [5, 5.41) is 20.2. The first-order valence-corrected chi connectivity index (χ1v) is 14.4. The van der Waals surface area contributed by atoms with E-state index < -0.39 is 6.04 Å². The normalized spacial score (nSPS) is 15.8. The van der Waals surface area contributed by atoms with Crippen molar-refractivity contribution < 1.29 is 0 Å². The molecule has 1 aliphatic carbocycles. The molecule has 1 fully saturated rings. The third-order valence-electron chi connectivity index (χ3n) is 7.34. The van der Waals surface area contributed by atoms with Gasteiger partial charge in [-0.25, -0.2) is 0 Å². The van der Waals surface area contributed by atoms with Crippen molar-refractivity contribution in [2.24, 2.45) is 12.5 Å². The van der Waals surface area contributed by atoms with Gasteiger partial charge in [-0.2, -0.15) is 5.26 Å². The SMILES string of the molecule is C=C(c1ccn(C)c(=O)c1/C=C\C)[C@H](Nc1cc(Cl)c2ncc(C#N)c(NCC(C)(C)C)c2c1)C1=CN(C2CC2)NN1. The van der Waals surface area contributed by atoms with Gasteiger partial charge in [0, 0.05) is 54.9 Å². The lowest BCUT2D eigenvalue weighted by atomic mass is 9.94. The maximum atomic E-state index is 13.1. The number of nitrogens with zero attached hydrogens (tertiary/aromatic N) is 4. The van der Waals surface area contributed by atoms with E-state index in [1.54, 1.807) is 24.0 Å². The van der Waals surface area contributed by atoms with Crippen molar-refractivity contribution in [3.8, 4) is 6.07 Å². The van der Waals surface area contributed by atoms with E-state index >= 15 is 0 Å². The Morgan fingerprint density at radius 1 is 1.36 bits per heavy atom. The summed E-state index contributed by atoms with van der Waals surface area (Å²) >= 11 is 6.80. The van der Waals surface area contributed by atoms with Gasteiger partial charge in [-0.1, -0.05) is 51.1 Å². The lowest BCUT2D eigenvalue weighted by Gasteiger charge is -2.25. The fourth-order valence-electron chi connectivity index (χ4n) is 4.94. The zero-order chi connectivity index (χ0) is 30.2. The molecule has 9 nitrogen and oxygen atoms in total. The first kappa shape index (κ1) is 29.2. The van der Waals surface area contributed by atoms with Crippen molar-refractivity contribution in [1.29, 1.82) is 5.26 Å². The van der Waals surface area contributed by atoms with Crippen LogP contribution in [0.15, 0.2) is 59.9 Å². The van der Waals surface area contributed by atoms with Gasteiger partial charge in [0.05, 0.1) is 33.5 Å². The number of rotatable bonds is 9. The summed E-state index contributed by atoms with van der Waals surface area (Å²) < 4.78 is 1.56. The van der Waals surface area contributed by atoms with E-state index in [9.17, 15) is 10.1 Å². The molecule has 0 spiro atoms. The van der Waals surface area contributed by atoms with Crippen LogP contribution in [0.2, 0.25) is 5.02 Å². The zero-order valence-corrected chi connectivity index (χ0v) is 25.4. The van der Waals surface area contributed by atoms with E-state index in [0.717, 1.165) is 35.2 Å². The fraction of sp³-hybridized carbons (Fsp3) is 0.344. The molecule has 0 saturated heterocycles. The van der Waals surface area contributed by atoms with Crippen molar-refractivity contribution in [2.45, 2.75) is 52.6 Å². The molecule has 3 heterocycles. The molecule has 1 saturated carbocycles. The number of fused-ring (bicyclic) bond motifs is 1. The van der Waals surface area contributed by atoms with Gasteiger partial charge in [0.1, 0.15) is 6.07 Å². The highest BCUT2D eigenvalue weighted by atomic mass is 35.5. The summed E-state index contributed by atoms with van der Waals surface area (Å²) in [6, 6.07) is 7.96. The van der Waals surface area contributed by atoms with E-state index in [1.165, 1.54) is 0 Å². The Bertz CT molecular complexity index is 1700. The summed E-state index contributed by atoms with van der Waals surface area (Å²) in [7, 11) is 1.74. The van der Waals surface area contributed by atoms with Gasteiger partial charge in [-0.05, 0) is 54.5 Å². The average molecular weight is 585 g/mol. The molecule has 5 rings (SSSR count). The number of nitrogens with one attached hydrogen (secondary N) is 4. The largest absolute Gasteiger partial charge is 0.383 e. The predicted molar refractivity (Wildman–Crippen MR) is 171 cm³/mol. The predicted octanol–water partition coefficient (Wildman–Crippen LogP) is 5.77. The van der Waals surface area contributed by atoms with Gasteiger partial charge >= 0.3 is 0 Å². The molecular weight excluding hydrogens is 548 g/mol. The number of nitriles is 1. The molecule has 42 heavy (non-hydrogen) atoms. The minimum atomic E-state index is -0.441. The van der Waals surface area contributed by atoms with Crippen LogP contribution in [0.1, 0.15) is 57.2 Å². The maximum Gasteiger partial charge on any atom is 0.258 e. The Morgan fingerprint density at radius 2 is 2.12 bits per heavy atom. The summed E-state index contributed by atoms with van der Waals surface area (Å²) in [4.78, 5) is 17.6. The van der Waals surface area contributed by atoms with Crippen LogP contribution in [-0.4, -0.2) is 33.2 Å². The van der Waals surface area contributed by atoms with Crippen LogP contribution in [0.25, 0.3) is 22.6 Å². The molecule has 218 valence electrons. The summed E-state index contributed by atoms with van der Waals surface area (Å²) in [6.07, 6.45) is 11.3. The van der Waals surface area contributed by atoms with Gasteiger partial charge in [-0.3, -0.25) is 14.8 Å². The van der Waals surface area contributed by atoms with Gasteiger partial charge in [-0.15, -0.1) is 5.53 Å². The second-order valence-electron chi connectivity index (χ2n) is 12.0. The minimum Gasteiger partial charge on any atom is -0.383 e. The summed E-state index contributed by atoms with van der Waals surface area (Å²) in [6.45, 7) is 13.4. The summed E-state index contributed by atoms with van der Waals surface area (Å²) in [5.41, 5.74) is 11.8. The van der Waals surface area contributed by atoms with Crippen molar-refractivity contribution in [3.05, 3.63) is 87.2 Å². The molecule has 0 bridgehead atoms. The molecule has 1 aromatic carbocycles. The van der Waals surface area contributed by atoms with Crippen LogP contribution in [0, 0.1) is 16.7 Å². The molecule has 0 amide bonds. The number of hydrazine groups is 2. The molecule has 2 aromatic heterocycles. The van der Waals surface area contributed by atoms with E-state index in [-0.39, 0.29) is 11.0 Å². The number of halogens is 1. The third kappa shape index (κ3) is 6.01. The standard InChI is InChI=1S/C32H37ClN8O/c1-7-8-24-23(11-12-40(6)31(24)42)19(2)28(27-17-41(39-38-27)22-9-10-22)37-21-13-25-29(36-18-32(3,4)5)20(15-34)16-35-30(25)26(33)14-21/h7-8,11-14,16-17,22,28,37-39H,2,9-10,18H2,1,3-6H3,(H,35,36)/b8-7-/t28-/m0/s1. The minimum absolute atomic E-state index is 0.0107. The molecular formula is C32H37ClN8O. The number of allylic oxidation sites excluding steroid dienone is 1. The average Bonchev–Trinajstić information content (AvgIpc) is 3.68. The maximum absolute atomic E-state index is 13.1. The van der Waals surface area contributed by atoms with Crippen LogP contribution < -0.4 is 27.2 Å². The summed E-state index contributed by atoms with van der Waals surface area (Å²) in [5.74, 6) is 0.